The monoisotopic (exact) mass is 238 g/mol. The van der Waals surface area contributed by atoms with Crippen LogP contribution < -0.4 is 5.73 Å². The third-order valence-corrected chi connectivity index (χ3v) is 2.93. The van der Waals surface area contributed by atoms with Gasteiger partial charge >= 0.3 is 0 Å². The van der Waals surface area contributed by atoms with Crippen LogP contribution in [0.3, 0.4) is 0 Å². The Morgan fingerprint density at radius 2 is 2.00 bits per heavy atom. The number of hydrogen-bond donors (Lipinski definition) is 1. The van der Waals surface area contributed by atoms with E-state index in [1.165, 1.54) is 11.1 Å². The number of aryl methyl sites for hydroxylation is 1. The molecule has 0 aliphatic rings. The van der Waals surface area contributed by atoms with Crippen molar-refractivity contribution in [3.05, 3.63) is 59.5 Å². The normalized spacial score (nSPS) is 10.9. The van der Waals surface area contributed by atoms with Crippen LogP contribution in [0.4, 0.5) is 5.69 Å². The first-order chi connectivity index (χ1) is 8.72. The van der Waals surface area contributed by atoms with Crippen LogP contribution in [0.15, 0.2) is 46.9 Å². The van der Waals surface area contributed by atoms with Gasteiger partial charge in [-0.25, -0.2) is 4.98 Å². The summed E-state index contributed by atoms with van der Waals surface area (Å²) in [7, 11) is 0. The van der Waals surface area contributed by atoms with E-state index in [0.29, 0.717) is 18.0 Å². The first-order valence-corrected chi connectivity index (χ1v) is 5.92. The first-order valence-electron chi connectivity index (χ1n) is 5.92. The highest BCUT2D eigenvalue weighted by Gasteiger charge is 2.08. The van der Waals surface area contributed by atoms with Gasteiger partial charge in [-0.3, -0.25) is 0 Å². The minimum absolute atomic E-state index is 0.659. The van der Waals surface area contributed by atoms with E-state index in [0.717, 1.165) is 11.1 Å². The van der Waals surface area contributed by atoms with Crippen molar-refractivity contribution in [3.63, 3.8) is 0 Å². The molecule has 0 aliphatic heterocycles. The summed E-state index contributed by atoms with van der Waals surface area (Å²) in [5.74, 6) is 0.702. The fourth-order valence-corrected chi connectivity index (χ4v) is 2.09. The van der Waals surface area contributed by atoms with Crippen LogP contribution >= 0.6 is 0 Å². The summed E-state index contributed by atoms with van der Waals surface area (Å²) in [5, 5.41) is 0. The van der Waals surface area contributed by atoms with Crippen molar-refractivity contribution in [2.24, 2.45) is 0 Å². The predicted octanol–water partition coefficient (Wildman–Crippen LogP) is 3.31. The zero-order valence-corrected chi connectivity index (χ0v) is 10.2. The second-order valence-electron chi connectivity index (χ2n) is 4.47. The summed E-state index contributed by atoms with van der Waals surface area (Å²) in [4.78, 5) is 4.45. The van der Waals surface area contributed by atoms with E-state index in [2.05, 4.69) is 30.1 Å². The predicted molar refractivity (Wildman–Crippen MR) is 72.4 cm³/mol. The van der Waals surface area contributed by atoms with Crippen molar-refractivity contribution in [2.45, 2.75) is 13.3 Å². The number of nitrogen functional groups attached to an aromatic ring is 1. The first kappa shape index (κ1) is 10.8. The van der Waals surface area contributed by atoms with Crippen molar-refractivity contribution in [1.29, 1.82) is 0 Å². The molecule has 3 aromatic rings. The van der Waals surface area contributed by atoms with Crippen molar-refractivity contribution in [3.8, 4) is 0 Å². The van der Waals surface area contributed by atoms with E-state index in [1.807, 2.05) is 24.3 Å². The third-order valence-electron chi connectivity index (χ3n) is 2.93. The average Bonchev–Trinajstić information content (AvgIpc) is 2.73. The van der Waals surface area contributed by atoms with Crippen LogP contribution in [0.25, 0.3) is 11.1 Å². The SMILES string of the molecule is Cc1cccc(Cc2nc3c(N)cccc3o2)c1. The van der Waals surface area contributed by atoms with Crippen molar-refractivity contribution in [2.75, 3.05) is 5.73 Å². The molecule has 0 spiro atoms. The molecule has 2 aromatic carbocycles. The summed E-state index contributed by atoms with van der Waals surface area (Å²) in [6.45, 7) is 2.08. The molecule has 90 valence electrons. The lowest BCUT2D eigenvalue weighted by Gasteiger charge is -1.98. The van der Waals surface area contributed by atoms with Crippen LogP contribution in [-0.2, 0) is 6.42 Å². The van der Waals surface area contributed by atoms with Gasteiger partial charge in [0, 0.05) is 6.42 Å². The number of rotatable bonds is 2. The lowest BCUT2D eigenvalue weighted by atomic mass is 10.1. The Bertz CT molecular complexity index is 701. The lowest BCUT2D eigenvalue weighted by Crippen LogP contribution is -1.89. The largest absolute Gasteiger partial charge is 0.440 e. The molecular formula is C15H14N2O. The summed E-state index contributed by atoms with van der Waals surface area (Å²) >= 11 is 0. The zero-order chi connectivity index (χ0) is 12.5. The average molecular weight is 238 g/mol. The molecule has 0 bridgehead atoms. The molecule has 0 amide bonds. The van der Waals surface area contributed by atoms with Crippen LogP contribution in [0.5, 0.6) is 0 Å². The van der Waals surface area contributed by atoms with E-state index in [1.54, 1.807) is 0 Å². The van der Waals surface area contributed by atoms with E-state index < -0.39 is 0 Å². The number of hydrogen-bond acceptors (Lipinski definition) is 3. The number of nitrogens with zero attached hydrogens (tertiary/aromatic N) is 1. The van der Waals surface area contributed by atoms with Gasteiger partial charge in [0.05, 0.1) is 5.69 Å². The zero-order valence-electron chi connectivity index (χ0n) is 10.2. The van der Waals surface area contributed by atoms with E-state index in [-0.39, 0.29) is 0 Å². The number of para-hydroxylation sites is 1. The molecule has 3 rings (SSSR count). The minimum Gasteiger partial charge on any atom is -0.440 e. The van der Waals surface area contributed by atoms with Gasteiger partial charge in [-0.15, -0.1) is 0 Å². The molecule has 3 heteroatoms. The van der Waals surface area contributed by atoms with Crippen molar-refractivity contribution in [1.82, 2.24) is 4.98 Å². The Morgan fingerprint density at radius 3 is 2.78 bits per heavy atom. The summed E-state index contributed by atoms with van der Waals surface area (Å²) in [5.41, 5.74) is 10.5. The highest BCUT2D eigenvalue weighted by Crippen LogP contribution is 2.22. The Balaban J connectivity index is 1.98. The Morgan fingerprint density at radius 1 is 1.17 bits per heavy atom. The molecule has 0 unspecified atom stereocenters. The molecule has 2 N–H and O–H groups in total. The fourth-order valence-electron chi connectivity index (χ4n) is 2.09. The summed E-state index contributed by atoms with van der Waals surface area (Å²) in [6, 6.07) is 13.9. The maximum atomic E-state index is 5.86. The second kappa shape index (κ2) is 4.18. The maximum absolute atomic E-state index is 5.86. The highest BCUT2D eigenvalue weighted by atomic mass is 16.3. The van der Waals surface area contributed by atoms with E-state index in [4.69, 9.17) is 10.2 Å². The van der Waals surface area contributed by atoms with Crippen LogP contribution in [0, 0.1) is 6.92 Å². The lowest BCUT2D eigenvalue weighted by molar-refractivity contribution is 0.544. The van der Waals surface area contributed by atoms with Gasteiger partial charge in [0.25, 0.3) is 0 Å². The number of oxazole rings is 1. The van der Waals surface area contributed by atoms with Gasteiger partial charge < -0.3 is 10.2 Å². The molecule has 0 saturated heterocycles. The van der Waals surface area contributed by atoms with Crippen molar-refractivity contribution >= 4 is 16.8 Å². The molecule has 0 fully saturated rings. The number of anilines is 1. The summed E-state index contributed by atoms with van der Waals surface area (Å²) < 4.78 is 5.70. The number of fused-ring (bicyclic) bond motifs is 1. The van der Waals surface area contributed by atoms with E-state index in [9.17, 15) is 0 Å². The molecule has 1 aromatic heterocycles. The van der Waals surface area contributed by atoms with Gasteiger partial charge in [0.2, 0.25) is 0 Å². The molecule has 18 heavy (non-hydrogen) atoms. The van der Waals surface area contributed by atoms with Crippen LogP contribution in [0.2, 0.25) is 0 Å². The Kier molecular flexibility index (Phi) is 2.52. The molecule has 0 saturated carbocycles. The third kappa shape index (κ3) is 1.95. The highest BCUT2D eigenvalue weighted by molar-refractivity contribution is 5.85. The standard InChI is InChI=1S/C15H14N2O/c1-10-4-2-5-11(8-10)9-14-17-15-12(16)6-3-7-13(15)18-14/h2-8H,9,16H2,1H3. The molecule has 0 radical (unpaired) electrons. The molecule has 3 nitrogen and oxygen atoms in total. The fraction of sp³-hybridized carbons (Fsp3) is 0.133. The number of nitrogens with two attached hydrogens (primary N) is 1. The van der Waals surface area contributed by atoms with Crippen LogP contribution in [0.1, 0.15) is 17.0 Å². The number of aromatic nitrogens is 1. The maximum Gasteiger partial charge on any atom is 0.199 e. The van der Waals surface area contributed by atoms with Gasteiger partial charge in [0.15, 0.2) is 11.5 Å². The molecular weight excluding hydrogens is 224 g/mol. The molecule has 0 aliphatic carbocycles. The summed E-state index contributed by atoms with van der Waals surface area (Å²) in [6.07, 6.45) is 0.690. The Hall–Kier alpha value is -2.29. The van der Waals surface area contributed by atoms with Gasteiger partial charge in [-0.2, -0.15) is 0 Å². The van der Waals surface area contributed by atoms with E-state index >= 15 is 0 Å². The van der Waals surface area contributed by atoms with Gasteiger partial charge in [-0.1, -0.05) is 35.9 Å². The number of benzene rings is 2. The smallest absolute Gasteiger partial charge is 0.199 e. The van der Waals surface area contributed by atoms with Crippen molar-refractivity contribution < 1.29 is 4.42 Å². The van der Waals surface area contributed by atoms with Gasteiger partial charge in [-0.05, 0) is 24.6 Å². The van der Waals surface area contributed by atoms with Gasteiger partial charge in [0.1, 0.15) is 5.52 Å². The molecule has 1 heterocycles. The topological polar surface area (TPSA) is 52.0 Å². The van der Waals surface area contributed by atoms with Crippen LogP contribution in [-0.4, -0.2) is 4.98 Å². The quantitative estimate of drug-likeness (QED) is 0.697. The Labute approximate surface area is 105 Å². The second-order valence-corrected chi connectivity index (χ2v) is 4.47. The molecule has 0 atom stereocenters. The minimum atomic E-state index is 0.659.